The van der Waals surface area contributed by atoms with E-state index in [0.29, 0.717) is 12.8 Å². The van der Waals surface area contributed by atoms with Crippen LogP contribution in [0.1, 0.15) is 25.7 Å². The summed E-state index contributed by atoms with van der Waals surface area (Å²) in [6.45, 7) is 0. The van der Waals surface area contributed by atoms with Crippen LogP contribution in [0.3, 0.4) is 0 Å². The van der Waals surface area contributed by atoms with Crippen molar-refractivity contribution in [3.8, 4) is 0 Å². The molecule has 4 N–H and O–H groups in total. The Morgan fingerprint density at radius 3 is 2.65 bits per heavy atom. The predicted molar refractivity (Wildman–Crippen MR) is 57.9 cm³/mol. The molecule has 1 aliphatic carbocycles. The molecule has 1 aromatic heterocycles. The standard InChI is InChI=1S/C9H12N4O4/c14-5(15)4-9(2-1-3-9)11-6-7(16)10-8(17)13-12-6/h1-4H2,(H,11,12)(H,14,15)(H2,10,13,16,17). The first-order chi connectivity index (χ1) is 8.01. The molecular formula is C9H12N4O4. The Morgan fingerprint density at radius 2 is 2.18 bits per heavy atom. The van der Waals surface area contributed by atoms with Crippen molar-refractivity contribution in [2.24, 2.45) is 0 Å². The van der Waals surface area contributed by atoms with E-state index in [2.05, 4.69) is 15.5 Å². The number of aliphatic carboxylic acids is 1. The zero-order chi connectivity index (χ0) is 12.5. The monoisotopic (exact) mass is 240 g/mol. The number of carbonyl (C=O) groups is 1. The van der Waals surface area contributed by atoms with Gasteiger partial charge in [-0.3, -0.25) is 14.6 Å². The lowest BCUT2D eigenvalue weighted by Crippen LogP contribution is -2.48. The number of rotatable bonds is 4. The normalized spacial score (nSPS) is 17.2. The average Bonchev–Trinajstić information content (AvgIpc) is 2.18. The Balaban J connectivity index is 2.21. The van der Waals surface area contributed by atoms with E-state index in [9.17, 15) is 14.4 Å². The van der Waals surface area contributed by atoms with Gasteiger partial charge in [-0.2, -0.15) is 0 Å². The SMILES string of the molecule is O=C(O)CC1(Nc2n[nH]c(=O)[nH]c2=O)CCC1. The van der Waals surface area contributed by atoms with Gasteiger partial charge in [0.25, 0.3) is 5.56 Å². The van der Waals surface area contributed by atoms with Gasteiger partial charge in [0, 0.05) is 5.54 Å². The van der Waals surface area contributed by atoms with Crippen molar-refractivity contribution < 1.29 is 9.90 Å². The van der Waals surface area contributed by atoms with Crippen molar-refractivity contribution in [1.82, 2.24) is 15.2 Å². The van der Waals surface area contributed by atoms with E-state index in [1.165, 1.54) is 0 Å². The maximum absolute atomic E-state index is 11.4. The van der Waals surface area contributed by atoms with Gasteiger partial charge in [-0.1, -0.05) is 0 Å². The molecule has 92 valence electrons. The third-order valence-corrected chi connectivity index (χ3v) is 2.90. The van der Waals surface area contributed by atoms with Crippen LogP contribution in [0, 0.1) is 0 Å². The molecule has 2 rings (SSSR count). The highest BCUT2D eigenvalue weighted by Gasteiger charge is 2.39. The van der Waals surface area contributed by atoms with Gasteiger partial charge in [0.2, 0.25) is 5.82 Å². The van der Waals surface area contributed by atoms with Gasteiger partial charge in [-0.25, -0.2) is 9.89 Å². The molecule has 0 bridgehead atoms. The summed E-state index contributed by atoms with van der Waals surface area (Å²) in [5, 5.41) is 17.3. The van der Waals surface area contributed by atoms with Crippen molar-refractivity contribution in [3.05, 3.63) is 20.8 Å². The summed E-state index contributed by atoms with van der Waals surface area (Å²) in [4.78, 5) is 34.9. The number of anilines is 1. The van der Waals surface area contributed by atoms with Gasteiger partial charge >= 0.3 is 11.7 Å². The van der Waals surface area contributed by atoms with Crippen LogP contribution in [0.15, 0.2) is 9.59 Å². The molecule has 0 atom stereocenters. The summed E-state index contributed by atoms with van der Waals surface area (Å²) in [6.07, 6.45) is 2.16. The zero-order valence-electron chi connectivity index (χ0n) is 8.95. The predicted octanol–water partition coefficient (Wildman–Crippen LogP) is -0.733. The maximum Gasteiger partial charge on any atom is 0.342 e. The topological polar surface area (TPSA) is 128 Å². The molecule has 0 saturated heterocycles. The molecule has 0 aromatic carbocycles. The molecule has 1 heterocycles. The van der Waals surface area contributed by atoms with Crippen LogP contribution in [-0.4, -0.2) is 31.8 Å². The minimum absolute atomic E-state index is 0.0504. The molecule has 1 aromatic rings. The quantitative estimate of drug-likeness (QED) is 0.549. The highest BCUT2D eigenvalue weighted by atomic mass is 16.4. The Hall–Kier alpha value is -2.12. The average molecular weight is 240 g/mol. The van der Waals surface area contributed by atoms with E-state index >= 15 is 0 Å². The summed E-state index contributed by atoms with van der Waals surface area (Å²) in [7, 11) is 0. The van der Waals surface area contributed by atoms with Crippen LogP contribution in [0.2, 0.25) is 0 Å². The van der Waals surface area contributed by atoms with Crippen molar-refractivity contribution in [2.75, 3.05) is 5.32 Å². The fourth-order valence-corrected chi connectivity index (χ4v) is 1.92. The van der Waals surface area contributed by atoms with Crippen LogP contribution >= 0.6 is 0 Å². The first-order valence-corrected chi connectivity index (χ1v) is 5.20. The number of aromatic nitrogens is 3. The molecule has 1 aliphatic rings. The highest BCUT2D eigenvalue weighted by molar-refractivity contribution is 5.69. The highest BCUT2D eigenvalue weighted by Crippen LogP contribution is 2.37. The summed E-state index contributed by atoms with van der Waals surface area (Å²) in [5.41, 5.74) is -1.96. The van der Waals surface area contributed by atoms with Crippen molar-refractivity contribution >= 4 is 11.8 Å². The second kappa shape index (κ2) is 4.04. The molecule has 0 radical (unpaired) electrons. The van der Waals surface area contributed by atoms with Gasteiger partial charge in [0.05, 0.1) is 6.42 Å². The number of nitrogens with zero attached hydrogens (tertiary/aromatic N) is 1. The largest absolute Gasteiger partial charge is 0.481 e. The fraction of sp³-hybridized carbons (Fsp3) is 0.556. The third-order valence-electron chi connectivity index (χ3n) is 2.90. The second-order valence-corrected chi connectivity index (χ2v) is 4.18. The lowest BCUT2D eigenvalue weighted by atomic mass is 9.74. The third kappa shape index (κ3) is 2.35. The maximum atomic E-state index is 11.4. The summed E-state index contributed by atoms with van der Waals surface area (Å²) in [6, 6.07) is 0. The van der Waals surface area contributed by atoms with Crippen molar-refractivity contribution in [1.29, 1.82) is 0 Å². The number of aromatic amines is 2. The van der Waals surface area contributed by atoms with Crippen LogP contribution in [0.4, 0.5) is 5.82 Å². The molecule has 8 heteroatoms. The molecule has 17 heavy (non-hydrogen) atoms. The Kier molecular flexibility index (Phi) is 2.70. The van der Waals surface area contributed by atoms with Gasteiger partial charge < -0.3 is 10.4 Å². The number of carboxylic acid groups (broad SMARTS) is 1. The van der Waals surface area contributed by atoms with E-state index in [1.54, 1.807) is 0 Å². The van der Waals surface area contributed by atoms with Crippen LogP contribution < -0.4 is 16.6 Å². The van der Waals surface area contributed by atoms with E-state index in [-0.39, 0.29) is 12.2 Å². The minimum Gasteiger partial charge on any atom is -0.481 e. The van der Waals surface area contributed by atoms with Crippen molar-refractivity contribution in [2.45, 2.75) is 31.2 Å². The fourth-order valence-electron chi connectivity index (χ4n) is 1.92. The smallest absolute Gasteiger partial charge is 0.342 e. The first kappa shape index (κ1) is 11.4. The molecule has 0 amide bonds. The number of nitrogens with one attached hydrogen (secondary N) is 3. The molecule has 8 nitrogen and oxygen atoms in total. The lowest BCUT2D eigenvalue weighted by Gasteiger charge is -2.41. The molecule has 0 unspecified atom stereocenters. The van der Waals surface area contributed by atoms with Gasteiger partial charge in [-0.15, -0.1) is 5.10 Å². The van der Waals surface area contributed by atoms with Crippen LogP contribution in [0.5, 0.6) is 0 Å². The Bertz CT molecular complexity index is 542. The molecule has 1 saturated carbocycles. The number of carboxylic acids is 1. The first-order valence-electron chi connectivity index (χ1n) is 5.20. The van der Waals surface area contributed by atoms with Crippen LogP contribution in [-0.2, 0) is 4.79 Å². The number of hydrogen-bond acceptors (Lipinski definition) is 5. The van der Waals surface area contributed by atoms with Gasteiger partial charge in [0.1, 0.15) is 0 Å². The van der Waals surface area contributed by atoms with E-state index < -0.39 is 22.8 Å². The summed E-state index contributed by atoms with van der Waals surface area (Å²) in [5.74, 6) is -0.983. The molecule has 0 spiro atoms. The zero-order valence-corrected chi connectivity index (χ0v) is 8.95. The number of hydrogen-bond donors (Lipinski definition) is 4. The Morgan fingerprint density at radius 1 is 1.47 bits per heavy atom. The van der Waals surface area contributed by atoms with Gasteiger partial charge in [0.15, 0.2) is 0 Å². The van der Waals surface area contributed by atoms with Crippen LogP contribution in [0.25, 0.3) is 0 Å². The molecular weight excluding hydrogens is 228 g/mol. The van der Waals surface area contributed by atoms with Gasteiger partial charge in [-0.05, 0) is 19.3 Å². The summed E-state index contributed by atoms with van der Waals surface area (Å²) < 4.78 is 0. The molecule has 1 fully saturated rings. The number of H-pyrrole nitrogens is 2. The van der Waals surface area contributed by atoms with E-state index in [1.807, 2.05) is 4.98 Å². The van der Waals surface area contributed by atoms with E-state index in [0.717, 1.165) is 6.42 Å². The summed E-state index contributed by atoms with van der Waals surface area (Å²) >= 11 is 0. The Labute approximate surface area is 95.1 Å². The molecule has 0 aliphatic heterocycles. The van der Waals surface area contributed by atoms with Crippen molar-refractivity contribution in [3.63, 3.8) is 0 Å². The second-order valence-electron chi connectivity index (χ2n) is 4.18. The van der Waals surface area contributed by atoms with E-state index in [4.69, 9.17) is 5.11 Å². The minimum atomic E-state index is -0.932. The lowest BCUT2D eigenvalue weighted by molar-refractivity contribution is -0.138.